The van der Waals surface area contributed by atoms with Gasteiger partial charge in [0, 0.05) is 26.2 Å². The molecule has 40 heavy (non-hydrogen) atoms. The number of nitrogens with one attached hydrogen (secondary N) is 2. The van der Waals surface area contributed by atoms with Crippen LogP contribution in [0.4, 0.5) is 10.6 Å². The summed E-state index contributed by atoms with van der Waals surface area (Å²) in [5.74, 6) is 0.218. The summed E-state index contributed by atoms with van der Waals surface area (Å²) in [6.45, 7) is 7.04. The minimum Gasteiger partial charge on any atom is -0.444 e. The molecule has 0 spiro atoms. The van der Waals surface area contributed by atoms with Crippen molar-refractivity contribution in [3.8, 4) is 5.69 Å². The SMILES string of the molecule is CC(C)(C)OC(=O)N(CCCNc1ncc(Cl)n(CC(=O)NCc2ccccc2-n2cncn2)c1=O)CC1CC1. The Bertz CT molecular complexity index is 1370. The van der Waals surface area contributed by atoms with E-state index in [1.807, 2.05) is 45.0 Å². The fraction of sp³-hybridized carbons (Fsp3) is 0.481. The van der Waals surface area contributed by atoms with Gasteiger partial charge in [-0.05, 0) is 57.6 Å². The lowest BCUT2D eigenvalue weighted by atomic mass is 10.2. The molecule has 1 aliphatic carbocycles. The van der Waals surface area contributed by atoms with Crippen molar-refractivity contribution in [3.63, 3.8) is 0 Å². The maximum atomic E-state index is 13.0. The van der Waals surface area contributed by atoms with Gasteiger partial charge in [0.1, 0.15) is 30.0 Å². The first-order chi connectivity index (χ1) is 19.1. The van der Waals surface area contributed by atoms with Crippen molar-refractivity contribution in [2.75, 3.05) is 25.0 Å². The van der Waals surface area contributed by atoms with E-state index in [0.29, 0.717) is 32.0 Å². The van der Waals surface area contributed by atoms with Crippen molar-refractivity contribution >= 4 is 29.4 Å². The molecule has 4 rings (SSSR count). The van der Waals surface area contributed by atoms with Gasteiger partial charge in [0.05, 0.1) is 11.9 Å². The van der Waals surface area contributed by atoms with E-state index in [1.54, 1.807) is 15.9 Å². The second-order valence-corrected chi connectivity index (χ2v) is 11.1. The highest BCUT2D eigenvalue weighted by atomic mass is 35.5. The molecule has 2 aromatic heterocycles. The van der Waals surface area contributed by atoms with Crippen molar-refractivity contribution in [3.05, 3.63) is 64.2 Å². The third-order valence-corrected chi connectivity index (χ3v) is 6.47. The smallest absolute Gasteiger partial charge is 0.410 e. The topological polar surface area (TPSA) is 136 Å². The van der Waals surface area contributed by atoms with Crippen LogP contribution in [-0.4, -0.2) is 66.5 Å². The third-order valence-electron chi connectivity index (χ3n) is 6.17. The fourth-order valence-electron chi connectivity index (χ4n) is 4.02. The number of ether oxygens (including phenoxy) is 1. The highest BCUT2D eigenvalue weighted by molar-refractivity contribution is 6.29. The summed E-state index contributed by atoms with van der Waals surface area (Å²) in [6.07, 6.45) is 6.83. The van der Waals surface area contributed by atoms with Crippen molar-refractivity contribution in [2.24, 2.45) is 5.92 Å². The Kier molecular flexibility index (Phi) is 9.41. The second kappa shape index (κ2) is 12.9. The lowest BCUT2D eigenvalue weighted by Gasteiger charge is -2.27. The molecule has 1 saturated carbocycles. The fourth-order valence-corrected chi connectivity index (χ4v) is 4.20. The van der Waals surface area contributed by atoms with Crippen LogP contribution in [0.5, 0.6) is 0 Å². The van der Waals surface area contributed by atoms with E-state index in [4.69, 9.17) is 16.3 Å². The number of anilines is 1. The quantitative estimate of drug-likeness (QED) is 0.317. The average molecular weight is 571 g/mol. The van der Waals surface area contributed by atoms with E-state index in [9.17, 15) is 14.4 Å². The van der Waals surface area contributed by atoms with Gasteiger partial charge in [0.2, 0.25) is 5.91 Å². The Morgan fingerprint density at radius 3 is 2.70 bits per heavy atom. The molecule has 214 valence electrons. The molecule has 12 nitrogen and oxygen atoms in total. The molecule has 0 saturated heterocycles. The minimum atomic E-state index is -0.567. The largest absolute Gasteiger partial charge is 0.444 e. The number of aromatic nitrogens is 5. The van der Waals surface area contributed by atoms with Crippen LogP contribution in [0, 0.1) is 5.92 Å². The van der Waals surface area contributed by atoms with Crippen LogP contribution in [0.15, 0.2) is 47.9 Å². The summed E-state index contributed by atoms with van der Waals surface area (Å²) in [4.78, 5) is 48.2. The van der Waals surface area contributed by atoms with E-state index in [-0.39, 0.29) is 36.1 Å². The molecule has 2 N–H and O–H groups in total. The summed E-state index contributed by atoms with van der Waals surface area (Å²) >= 11 is 6.22. The van der Waals surface area contributed by atoms with Gasteiger partial charge >= 0.3 is 6.09 Å². The molecule has 1 aliphatic rings. The number of carbonyl (C=O) groups excluding carboxylic acids is 2. The molecule has 0 atom stereocenters. The average Bonchev–Trinajstić information content (AvgIpc) is 3.56. The van der Waals surface area contributed by atoms with Crippen LogP contribution in [0.3, 0.4) is 0 Å². The third kappa shape index (κ3) is 8.28. The molecule has 2 amide bonds. The summed E-state index contributed by atoms with van der Waals surface area (Å²) < 4.78 is 8.32. The number of hydrogen-bond donors (Lipinski definition) is 2. The zero-order chi connectivity index (χ0) is 28.7. The van der Waals surface area contributed by atoms with Gasteiger partial charge in [0.25, 0.3) is 5.56 Å². The van der Waals surface area contributed by atoms with Gasteiger partial charge in [-0.25, -0.2) is 19.4 Å². The molecule has 2 heterocycles. The Morgan fingerprint density at radius 2 is 2.00 bits per heavy atom. The van der Waals surface area contributed by atoms with E-state index in [1.165, 1.54) is 12.5 Å². The van der Waals surface area contributed by atoms with Crippen molar-refractivity contribution in [2.45, 2.75) is 58.7 Å². The van der Waals surface area contributed by atoms with E-state index < -0.39 is 11.2 Å². The number of halogens is 1. The number of amides is 2. The van der Waals surface area contributed by atoms with Gasteiger partial charge in [-0.3, -0.25) is 14.2 Å². The Labute approximate surface area is 237 Å². The van der Waals surface area contributed by atoms with E-state index in [0.717, 1.165) is 28.7 Å². The van der Waals surface area contributed by atoms with Crippen molar-refractivity contribution in [1.29, 1.82) is 0 Å². The molecular formula is C27H35ClN8O4. The van der Waals surface area contributed by atoms with Crippen molar-refractivity contribution in [1.82, 2.24) is 34.5 Å². The summed E-state index contributed by atoms with van der Waals surface area (Å²) in [5.41, 5.74) is 0.544. The molecular weight excluding hydrogens is 536 g/mol. The van der Waals surface area contributed by atoms with Crippen LogP contribution >= 0.6 is 11.6 Å². The number of hydrogen-bond acceptors (Lipinski definition) is 8. The zero-order valence-corrected chi connectivity index (χ0v) is 23.7. The number of benzene rings is 1. The van der Waals surface area contributed by atoms with Crippen LogP contribution in [0.25, 0.3) is 5.69 Å². The van der Waals surface area contributed by atoms with E-state index >= 15 is 0 Å². The molecule has 1 fully saturated rings. The second-order valence-electron chi connectivity index (χ2n) is 10.7. The molecule has 0 aliphatic heterocycles. The maximum absolute atomic E-state index is 13.0. The van der Waals surface area contributed by atoms with Crippen LogP contribution in [0.2, 0.25) is 5.15 Å². The highest BCUT2D eigenvalue weighted by Gasteiger charge is 2.29. The molecule has 0 unspecified atom stereocenters. The van der Waals surface area contributed by atoms with Crippen LogP contribution in [-0.2, 0) is 22.6 Å². The monoisotopic (exact) mass is 570 g/mol. The maximum Gasteiger partial charge on any atom is 0.410 e. The molecule has 0 radical (unpaired) electrons. The zero-order valence-electron chi connectivity index (χ0n) is 23.0. The Balaban J connectivity index is 1.31. The summed E-state index contributed by atoms with van der Waals surface area (Å²) in [6, 6.07) is 7.48. The molecule has 0 bridgehead atoms. The summed E-state index contributed by atoms with van der Waals surface area (Å²) in [7, 11) is 0. The number of nitrogens with zero attached hydrogens (tertiary/aromatic N) is 6. The predicted octanol–water partition coefficient (Wildman–Crippen LogP) is 3.24. The lowest BCUT2D eigenvalue weighted by Crippen LogP contribution is -2.39. The minimum absolute atomic E-state index is 0.0502. The lowest BCUT2D eigenvalue weighted by molar-refractivity contribution is -0.121. The number of rotatable bonds is 12. The van der Waals surface area contributed by atoms with Gasteiger partial charge in [-0.1, -0.05) is 29.8 Å². The number of para-hydroxylation sites is 1. The molecule has 3 aromatic rings. The standard InChI is InChI=1S/C27H35ClN8O4/c1-27(2,3)40-26(39)34(15-19-9-10-19)12-6-11-30-24-25(38)35(22(28)14-32-24)16-23(37)31-13-20-7-4-5-8-21(20)36-18-29-17-33-36/h4-5,7-8,14,17-19H,6,9-13,15-16H2,1-3H3,(H,30,32)(H,31,37). The first-order valence-electron chi connectivity index (χ1n) is 13.3. The highest BCUT2D eigenvalue weighted by Crippen LogP contribution is 2.30. The Morgan fingerprint density at radius 1 is 1.23 bits per heavy atom. The van der Waals surface area contributed by atoms with Crippen LogP contribution in [0.1, 0.15) is 45.6 Å². The summed E-state index contributed by atoms with van der Waals surface area (Å²) in [5, 5.41) is 10.0. The first-order valence-corrected chi connectivity index (χ1v) is 13.7. The normalized spacial score (nSPS) is 13.1. The first kappa shape index (κ1) is 29.1. The van der Waals surface area contributed by atoms with Gasteiger partial charge < -0.3 is 20.3 Å². The molecule has 13 heteroatoms. The predicted molar refractivity (Wildman–Crippen MR) is 150 cm³/mol. The Hall–Kier alpha value is -3.93. The number of carbonyl (C=O) groups is 2. The van der Waals surface area contributed by atoms with Gasteiger partial charge in [-0.15, -0.1) is 0 Å². The van der Waals surface area contributed by atoms with Crippen molar-refractivity contribution < 1.29 is 14.3 Å². The molecule has 1 aromatic carbocycles. The van der Waals surface area contributed by atoms with Gasteiger partial charge in [-0.2, -0.15) is 5.10 Å². The van der Waals surface area contributed by atoms with Gasteiger partial charge in [0.15, 0.2) is 5.82 Å². The van der Waals surface area contributed by atoms with E-state index in [2.05, 4.69) is 25.7 Å². The van der Waals surface area contributed by atoms with Crippen LogP contribution < -0.4 is 16.2 Å².